The standard InChI is InChI=1S/C23H30N4O2/c1-3-15-29-24-18-21-6-4-8-22(17-21)28-16-5-7-20-11-13-27(14-12-20)23-10-9-19(2)25-26-23/h3-4,6,8-10,17-18,20H,1,5,7,11-16H2,2H3. The molecule has 154 valence electrons. The third-order valence-corrected chi connectivity index (χ3v) is 5.07. The van der Waals surface area contributed by atoms with Crippen molar-refractivity contribution in [1.82, 2.24) is 10.2 Å². The molecule has 0 aliphatic carbocycles. The fourth-order valence-corrected chi connectivity index (χ4v) is 3.45. The fraction of sp³-hybridized carbons (Fsp3) is 0.435. The third kappa shape index (κ3) is 6.89. The van der Waals surface area contributed by atoms with Gasteiger partial charge in [-0.2, -0.15) is 5.10 Å². The third-order valence-electron chi connectivity index (χ3n) is 5.07. The molecule has 0 spiro atoms. The number of aromatic nitrogens is 2. The predicted molar refractivity (Wildman–Crippen MR) is 117 cm³/mol. The minimum Gasteiger partial charge on any atom is -0.494 e. The summed E-state index contributed by atoms with van der Waals surface area (Å²) in [5.41, 5.74) is 1.92. The number of hydrogen-bond donors (Lipinski definition) is 0. The average Bonchev–Trinajstić information content (AvgIpc) is 2.76. The maximum Gasteiger partial charge on any atom is 0.151 e. The zero-order valence-electron chi connectivity index (χ0n) is 17.2. The number of aryl methyl sites for hydroxylation is 1. The first-order valence-electron chi connectivity index (χ1n) is 10.3. The van der Waals surface area contributed by atoms with Gasteiger partial charge in [-0.1, -0.05) is 29.9 Å². The Morgan fingerprint density at radius 2 is 2.07 bits per heavy atom. The Hall–Kier alpha value is -2.89. The van der Waals surface area contributed by atoms with E-state index in [1.165, 1.54) is 19.3 Å². The van der Waals surface area contributed by atoms with Crippen LogP contribution in [0.4, 0.5) is 5.82 Å². The SMILES string of the molecule is C=CCON=Cc1cccc(OCCCC2CCN(c3ccc(C)nn3)CC2)c1. The zero-order chi connectivity index (χ0) is 20.3. The second kappa shape index (κ2) is 11.2. The average molecular weight is 395 g/mol. The first-order valence-corrected chi connectivity index (χ1v) is 10.3. The largest absolute Gasteiger partial charge is 0.494 e. The van der Waals surface area contributed by atoms with Crippen LogP contribution in [0.2, 0.25) is 0 Å². The van der Waals surface area contributed by atoms with Gasteiger partial charge in [-0.3, -0.25) is 0 Å². The van der Waals surface area contributed by atoms with Crippen LogP contribution in [0.15, 0.2) is 54.2 Å². The van der Waals surface area contributed by atoms with E-state index in [2.05, 4.69) is 32.9 Å². The summed E-state index contributed by atoms with van der Waals surface area (Å²) in [6, 6.07) is 12.0. The molecule has 1 fully saturated rings. The number of rotatable bonds is 10. The van der Waals surface area contributed by atoms with Crippen LogP contribution in [0.1, 0.15) is 36.9 Å². The molecule has 6 heteroatoms. The lowest BCUT2D eigenvalue weighted by Crippen LogP contribution is -2.34. The highest BCUT2D eigenvalue weighted by Crippen LogP contribution is 2.25. The molecule has 2 aromatic rings. The summed E-state index contributed by atoms with van der Waals surface area (Å²) in [7, 11) is 0. The molecule has 1 aliphatic rings. The number of oxime groups is 1. The molecule has 0 unspecified atom stereocenters. The van der Waals surface area contributed by atoms with Crippen molar-refractivity contribution < 1.29 is 9.57 Å². The Kier molecular flexibility index (Phi) is 8.04. The molecule has 0 amide bonds. The Labute approximate surface area is 173 Å². The first-order chi connectivity index (χ1) is 14.2. The van der Waals surface area contributed by atoms with Crippen LogP contribution >= 0.6 is 0 Å². The van der Waals surface area contributed by atoms with Crippen LogP contribution in [-0.2, 0) is 4.84 Å². The van der Waals surface area contributed by atoms with E-state index in [1.54, 1.807) is 12.3 Å². The van der Waals surface area contributed by atoms with Crippen LogP contribution < -0.4 is 9.64 Å². The van der Waals surface area contributed by atoms with Gasteiger partial charge in [0.1, 0.15) is 12.4 Å². The van der Waals surface area contributed by atoms with Crippen LogP contribution in [-0.4, -0.2) is 42.7 Å². The van der Waals surface area contributed by atoms with Crippen LogP contribution in [0.5, 0.6) is 5.75 Å². The van der Waals surface area contributed by atoms with Crippen molar-refractivity contribution in [3.8, 4) is 5.75 Å². The molecule has 29 heavy (non-hydrogen) atoms. The minimum absolute atomic E-state index is 0.407. The summed E-state index contributed by atoms with van der Waals surface area (Å²) in [6.45, 7) is 8.80. The van der Waals surface area contributed by atoms with Gasteiger partial charge in [-0.15, -0.1) is 5.10 Å². The van der Waals surface area contributed by atoms with Gasteiger partial charge in [0, 0.05) is 13.1 Å². The summed E-state index contributed by atoms with van der Waals surface area (Å²) < 4.78 is 5.92. The van der Waals surface area contributed by atoms with E-state index in [1.807, 2.05) is 37.3 Å². The molecular formula is C23H30N4O2. The number of nitrogens with zero attached hydrogens (tertiary/aromatic N) is 4. The second-order valence-corrected chi connectivity index (χ2v) is 7.35. The molecule has 2 heterocycles. The van der Waals surface area contributed by atoms with Gasteiger partial charge in [-0.25, -0.2) is 0 Å². The second-order valence-electron chi connectivity index (χ2n) is 7.35. The van der Waals surface area contributed by atoms with Crippen molar-refractivity contribution in [2.75, 3.05) is 31.2 Å². The fourth-order valence-electron chi connectivity index (χ4n) is 3.45. The maximum atomic E-state index is 5.92. The Morgan fingerprint density at radius 1 is 1.21 bits per heavy atom. The number of hydrogen-bond acceptors (Lipinski definition) is 6. The van der Waals surface area contributed by atoms with Crippen molar-refractivity contribution in [3.63, 3.8) is 0 Å². The summed E-state index contributed by atoms with van der Waals surface area (Å²) in [5, 5.41) is 12.4. The van der Waals surface area contributed by atoms with Gasteiger partial charge in [0.25, 0.3) is 0 Å². The van der Waals surface area contributed by atoms with Crippen molar-refractivity contribution in [2.45, 2.75) is 32.6 Å². The summed E-state index contributed by atoms with van der Waals surface area (Å²) in [4.78, 5) is 7.37. The molecule has 0 saturated carbocycles. The summed E-state index contributed by atoms with van der Waals surface area (Å²) in [5.74, 6) is 2.62. The van der Waals surface area contributed by atoms with Gasteiger partial charge in [0.05, 0.1) is 18.5 Å². The molecule has 3 rings (SSSR count). The highest BCUT2D eigenvalue weighted by molar-refractivity contribution is 5.79. The number of ether oxygens (including phenoxy) is 1. The van der Waals surface area contributed by atoms with Crippen LogP contribution in [0.3, 0.4) is 0 Å². The normalized spacial score (nSPS) is 14.9. The summed E-state index contributed by atoms with van der Waals surface area (Å²) in [6.07, 6.45) is 8.01. The molecule has 0 radical (unpaired) electrons. The van der Waals surface area contributed by atoms with E-state index in [0.717, 1.165) is 54.9 Å². The molecule has 1 aliphatic heterocycles. The van der Waals surface area contributed by atoms with Gasteiger partial charge in [-0.05, 0) is 68.4 Å². The smallest absolute Gasteiger partial charge is 0.151 e. The molecule has 1 saturated heterocycles. The van der Waals surface area contributed by atoms with E-state index < -0.39 is 0 Å². The highest BCUT2D eigenvalue weighted by Gasteiger charge is 2.20. The first kappa shape index (κ1) is 20.8. The Morgan fingerprint density at radius 3 is 2.83 bits per heavy atom. The van der Waals surface area contributed by atoms with Crippen molar-refractivity contribution >= 4 is 12.0 Å². The van der Waals surface area contributed by atoms with Crippen molar-refractivity contribution in [3.05, 3.63) is 60.3 Å². The van der Waals surface area contributed by atoms with E-state index in [4.69, 9.17) is 9.57 Å². The molecule has 1 aromatic carbocycles. The van der Waals surface area contributed by atoms with Gasteiger partial charge in [0.2, 0.25) is 0 Å². The Balaban J connectivity index is 1.34. The van der Waals surface area contributed by atoms with Gasteiger partial charge < -0.3 is 14.5 Å². The number of anilines is 1. The van der Waals surface area contributed by atoms with Gasteiger partial charge in [0.15, 0.2) is 5.82 Å². The highest BCUT2D eigenvalue weighted by atomic mass is 16.6. The minimum atomic E-state index is 0.407. The van der Waals surface area contributed by atoms with E-state index in [-0.39, 0.29) is 0 Å². The number of piperidine rings is 1. The van der Waals surface area contributed by atoms with Crippen molar-refractivity contribution in [2.24, 2.45) is 11.1 Å². The van der Waals surface area contributed by atoms with Gasteiger partial charge >= 0.3 is 0 Å². The Bertz CT molecular complexity index is 784. The molecular weight excluding hydrogens is 364 g/mol. The lowest BCUT2D eigenvalue weighted by molar-refractivity contribution is 0.176. The molecule has 6 nitrogen and oxygen atoms in total. The quantitative estimate of drug-likeness (QED) is 0.259. The topological polar surface area (TPSA) is 59.8 Å². The lowest BCUT2D eigenvalue weighted by Gasteiger charge is -2.32. The van der Waals surface area contributed by atoms with Crippen molar-refractivity contribution in [1.29, 1.82) is 0 Å². The molecule has 0 N–H and O–H groups in total. The van der Waals surface area contributed by atoms with Crippen LogP contribution in [0, 0.1) is 12.8 Å². The predicted octanol–water partition coefficient (Wildman–Crippen LogP) is 4.40. The van der Waals surface area contributed by atoms with Crippen LogP contribution in [0.25, 0.3) is 0 Å². The number of benzene rings is 1. The lowest BCUT2D eigenvalue weighted by atomic mass is 9.92. The maximum absolute atomic E-state index is 5.92. The van der Waals surface area contributed by atoms with E-state index in [9.17, 15) is 0 Å². The van der Waals surface area contributed by atoms with E-state index >= 15 is 0 Å². The zero-order valence-corrected chi connectivity index (χ0v) is 17.2. The molecule has 0 bridgehead atoms. The molecule has 0 atom stereocenters. The molecule has 1 aromatic heterocycles. The van der Waals surface area contributed by atoms with E-state index in [0.29, 0.717) is 6.61 Å². The monoisotopic (exact) mass is 394 g/mol. The summed E-state index contributed by atoms with van der Waals surface area (Å²) >= 11 is 0.